The van der Waals surface area contributed by atoms with Gasteiger partial charge in [-0.05, 0) is 6.07 Å². The zero-order chi connectivity index (χ0) is 15.0. The molecule has 0 saturated carbocycles. The Morgan fingerprint density at radius 1 is 1.00 bits per heavy atom. The third-order valence-electron chi connectivity index (χ3n) is 3.04. The largest absolute Gasteiger partial charge is 0.507 e. The maximum Gasteiger partial charge on any atom is 0.231 e. The van der Waals surface area contributed by atoms with Gasteiger partial charge < -0.3 is 19.9 Å². The molecule has 1 aliphatic heterocycles. The van der Waals surface area contributed by atoms with E-state index in [4.69, 9.17) is 9.47 Å². The lowest BCUT2D eigenvalue weighted by atomic mass is 10.1. The van der Waals surface area contributed by atoms with E-state index in [1.165, 1.54) is 6.07 Å². The minimum Gasteiger partial charge on any atom is -0.507 e. The average molecular weight is 297 g/mol. The second-order valence-corrected chi connectivity index (χ2v) is 4.44. The lowest BCUT2D eigenvalue weighted by Crippen LogP contribution is -2.02. The van der Waals surface area contributed by atoms with E-state index in [9.17, 15) is 18.3 Å². The summed E-state index contributed by atoms with van der Waals surface area (Å²) in [4.78, 5) is 0. The van der Waals surface area contributed by atoms with Crippen LogP contribution in [0.15, 0.2) is 24.3 Å². The Kier molecular flexibility index (Phi) is 3.25. The van der Waals surface area contributed by atoms with E-state index in [1.54, 1.807) is 6.07 Å². The van der Waals surface area contributed by atoms with Gasteiger partial charge in [0.25, 0.3) is 0 Å². The Morgan fingerprint density at radius 3 is 2.29 bits per heavy atom. The molecule has 0 spiro atoms. The second kappa shape index (κ2) is 5.08. The maximum absolute atomic E-state index is 13.1. The molecule has 7 heteroatoms. The number of anilines is 1. The molecule has 0 bridgehead atoms. The summed E-state index contributed by atoms with van der Waals surface area (Å²) in [5, 5.41) is 12.5. The van der Waals surface area contributed by atoms with Gasteiger partial charge in [-0.25, -0.2) is 13.2 Å². The molecule has 2 N–H and O–H groups in total. The SMILES string of the molecule is Oc1cc2c(cc1CNc1cc(F)c(F)c(F)c1)OCO2. The van der Waals surface area contributed by atoms with Crippen molar-refractivity contribution in [3.63, 3.8) is 0 Å². The number of nitrogens with one attached hydrogen (secondary N) is 1. The van der Waals surface area contributed by atoms with Gasteiger partial charge in [0.1, 0.15) is 5.75 Å². The van der Waals surface area contributed by atoms with Crippen molar-refractivity contribution in [3.05, 3.63) is 47.3 Å². The van der Waals surface area contributed by atoms with Crippen LogP contribution >= 0.6 is 0 Å². The smallest absolute Gasteiger partial charge is 0.231 e. The van der Waals surface area contributed by atoms with Crippen LogP contribution in [-0.2, 0) is 6.54 Å². The number of fused-ring (bicyclic) bond motifs is 1. The van der Waals surface area contributed by atoms with Gasteiger partial charge >= 0.3 is 0 Å². The van der Waals surface area contributed by atoms with Crippen LogP contribution in [0, 0.1) is 17.5 Å². The molecule has 4 nitrogen and oxygen atoms in total. The van der Waals surface area contributed by atoms with Crippen LogP contribution in [0.3, 0.4) is 0 Å². The molecule has 1 aliphatic rings. The molecule has 0 fully saturated rings. The van der Waals surface area contributed by atoms with Crippen molar-refractivity contribution in [3.8, 4) is 17.2 Å². The Morgan fingerprint density at radius 2 is 1.62 bits per heavy atom. The number of hydrogen-bond donors (Lipinski definition) is 2. The molecule has 0 atom stereocenters. The van der Waals surface area contributed by atoms with E-state index >= 15 is 0 Å². The quantitative estimate of drug-likeness (QED) is 0.855. The van der Waals surface area contributed by atoms with Crippen molar-refractivity contribution >= 4 is 5.69 Å². The van der Waals surface area contributed by atoms with Crippen LogP contribution in [-0.4, -0.2) is 11.9 Å². The third kappa shape index (κ3) is 2.54. The molecule has 3 rings (SSSR count). The van der Waals surface area contributed by atoms with Crippen molar-refractivity contribution < 1.29 is 27.8 Å². The van der Waals surface area contributed by atoms with Crippen molar-refractivity contribution in [2.45, 2.75) is 6.54 Å². The zero-order valence-electron chi connectivity index (χ0n) is 10.6. The van der Waals surface area contributed by atoms with Crippen molar-refractivity contribution in [2.24, 2.45) is 0 Å². The highest BCUT2D eigenvalue weighted by molar-refractivity contribution is 5.53. The van der Waals surface area contributed by atoms with Crippen LogP contribution in [0.2, 0.25) is 0 Å². The molecular formula is C14H10F3NO3. The van der Waals surface area contributed by atoms with E-state index in [-0.39, 0.29) is 24.8 Å². The highest BCUT2D eigenvalue weighted by atomic mass is 19.2. The number of phenols is 1. The molecule has 0 radical (unpaired) electrons. The molecule has 110 valence electrons. The van der Waals surface area contributed by atoms with Gasteiger partial charge in [0.2, 0.25) is 6.79 Å². The molecule has 21 heavy (non-hydrogen) atoms. The Bertz CT molecular complexity index is 683. The normalized spacial score (nSPS) is 12.5. The standard InChI is InChI=1S/C14H10F3NO3/c15-9-2-8(3-10(16)14(9)17)18-5-7-1-12-13(4-11(7)19)21-6-20-12/h1-4,18-19H,5-6H2. The summed E-state index contributed by atoms with van der Waals surface area (Å²) in [7, 11) is 0. The summed E-state index contributed by atoms with van der Waals surface area (Å²) in [6.07, 6.45) is 0. The van der Waals surface area contributed by atoms with Crippen LogP contribution in [0.5, 0.6) is 17.2 Å². The minimum atomic E-state index is -1.52. The molecule has 2 aromatic rings. The van der Waals surface area contributed by atoms with Gasteiger partial charge in [-0.15, -0.1) is 0 Å². The van der Waals surface area contributed by atoms with Crippen molar-refractivity contribution in [1.82, 2.24) is 0 Å². The highest BCUT2D eigenvalue weighted by Gasteiger charge is 2.17. The number of ether oxygens (including phenoxy) is 2. The number of aromatic hydroxyl groups is 1. The van der Waals surface area contributed by atoms with E-state index < -0.39 is 17.5 Å². The van der Waals surface area contributed by atoms with Crippen LogP contribution < -0.4 is 14.8 Å². The molecule has 0 unspecified atom stereocenters. The number of benzene rings is 2. The number of hydrogen-bond acceptors (Lipinski definition) is 4. The molecule has 0 amide bonds. The van der Waals surface area contributed by atoms with Crippen LogP contribution in [0.25, 0.3) is 0 Å². The fourth-order valence-corrected chi connectivity index (χ4v) is 1.97. The third-order valence-corrected chi connectivity index (χ3v) is 3.04. The minimum absolute atomic E-state index is 0.0465. The van der Waals surface area contributed by atoms with E-state index in [0.29, 0.717) is 17.1 Å². The summed E-state index contributed by atoms with van der Waals surface area (Å²) in [5.41, 5.74) is 0.507. The van der Waals surface area contributed by atoms with Gasteiger partial charge in [-0.3, -0.25) is 0 Å². The predicted octanol–water partition coefficient (Wildman–Crippen LogP) is 3.15. The van der Waals surface area contributed by atoms with E-state index in [1.807, 2.05) is 0 Å². The summed E-state index contributed by atoms with van der Waals surface area (Å²) in [6, 6.07) is 4.62. The first-order valence-electron chi connectivity index (χ1n) is 6.04. The summed E-state index contributed by atoms with van der Waals surface area (Å²) >= 11 is 0. The highest BCUT2D eigenvalue weighted by Crippen LogP contribution is 2.37. The number of rotatable bonds is 3. The fraction of sp³-hybridized carbons (Fsp3) is 0.143. The lowest BCUT2D eigenvalue weighted by molar-refractivity contribution is 0.174. The Balaban J connectivity index is 1.79. The average Bonchev–Trinajstić information content (AvgIpc) is 2.89. The lowest BCUT2D eigenvalue weighted by Gasteiger charge is -2.10. The number of phenolic OH excluding ortho intramolecular Hbond substituents is 1. The fourth-order valence-electron chi connectivity index (χ4n) is 1.97. The second-order valence-electron chi connectivity index (χ2n) is 4.44. The molecular weight excluding hydrogens is 287 g/mol. The Hall–Kier alpha value is -2.57. The van der Waals surface area contributed by atoms with Crippen LogP contribution in [0.1, 0.15) is 5.56 Å². The van der Waals surface area contributed by atoms with E-state index in [2.05, 4.69) is 5.32 Å². The molecule has 2 aromatic carbocycles. The predicted molar refractivity (Wildman–Crippen MR) is 67.9 cm³/mol. The summed E-state index contributed by atoms with van der Waals surface area (Å²) in [5.74, 6) is -3.24. The summed E-state index contributed by atoms with van der Waals surface area (Å²) < 4.78 is 49.3. The first-order chi connectivity index (χ1) is 10.0. The molecule has 1 heterocycles. The van der Waals surface area contributed by atoms with Gasteiger partial charge in [-0.2, -0.15) is 0 Å². The first-order valence-corrected chi connectivity index (χ1v) is 6.04. The Labute approximate surface area is 117 Å². The topological polar surface area (TPSA) is 50.7 Å². The zero-order valence-corrected chi connectivity index (χ0v) is 10.6. The van der Waals surface area contributed by atoms with Gasteiger partial charge in [0.05, 0.1) is 0 Å². The van der Waals surface area contributed by atoms with Crippen molar-refractivity contribution in [1.29, 1.82) is 0 Å². The summed E-state index contributed by atoms with van der Waals surface area (Å²) in [6.45, 7) is 0.146. The molecule has 0 aromatic heterocycles. The van der Waals surface area contributed by atoms with Gasteiger partial charge in [0.15, 0.2) is 29.0 Å². The first kappa shape index (κ1) is 13.4. The molecule has 0 aliphatic carbocycles. The number of halogens is 3. The maximum atomic E-state index is 13.1. The van der Waals surface area contributed by atoms with Crippen molar-refractivity contribution in [2.75, 3.05) is 12.1 Å². The van der Waals surface area contributed by atoms with Gasteiger partial charge in [0, 0.05) is 36.0 Å². The van der Waals surface area contributed by atoms with Gasteiger partial charge in [-0.1, -0.05) is 0 Å². The van der Waals surface area contributed by atoms with E-state index in [0.717, 1.165) is 12.1 Å². The monoisotopic (exact) mass is 297 g/mol. The molecule has 0 saturated heterocycles. The van der Waals surface area contributed by atoms with Crippen LogP contribution in [0.4, 0.5) is 18.9 Å².